The number of rotatable bonds is 5. The molecule has 0 radical (unpaired) electrons. The van der Waals surface area contributed by atoms with Gasteiger partial charge in [-0.05, 0) is 49.3 Å². The van der Waals surface area contributed by atoms with Crippen LogP contribution in [-0.4, -0.2) is 42.0 Å². The highest BCUT2D eigenvalue weighted by Crippen LogP contribution is 2.25. The normalized spacial score (nSPS) is 13.9. The van der Waals surface area contributed by atoms with Crippen LogP contribution in [0.4, 0.5) is 5.69 Å². The van der Waals surface area contributed by atoms with Gasteiger partial charge in [-0.3, -0.25) is 14.9 Å². The minimum Gasteiger partial charge on any atom is -0.496 e. The van der Waals surface area contributed by atoms with Crippen LogP contribution in [0.3, 0.4) is 0 Å². The molecule has 6 nitrogen and oxygen atoms in total. The summed E-state index contributed by atoms with van der Waals surface area (Å²) in [5.41, 5.74) is 1.47. The first kappa shape index (κ1) is 21.8. The Morgan fingerprint density at radius 3 is 2.33 bits per heavy atom. The van der Waals surface area contributed by atoms with Gasteiger partial charge < -0.3 is 15.0 Å². The second-order valence-corrected chi connectivity index (χ2v) is 7.77. The lowest BCUT2D eigenvalue weighted by Gasteiger charge is -2.31. The van der Waals surface area contributed by atoms with Crippen LogP contribution in [0.15, 0.2) is 48.5 Å². The van der Waals surface area contributed by atoms with Crippen LogP contribution >= 0.6 is 12.2 Å². The molecule has 3 rings (SSSR count). The molecule has 2 aromatic rings. The Morgan fingerprint density at radius 2 is 1.63 bits per heavy atom. The Hall–Kier alpha value is -2.93. The SMILES string of the molecule is COc1ccccc1C(=O)NC(=S)Nc1ccccc1C(=O)N(C)C1CCCCC1. The quantitative estimate of drug-likeness (QED) is 0.702. The highest BCUT2D eigenvalue weighted by atomic mass is 32.1. The number of benzene rings is 2. The average molecular weight is 426 g/mol. The van der Waals surface area contributed by atoms with Crippen molar-refractivity contribution in [2.24, 2.45) is 0 Å². The van der Waals surface area contributed by atoms with E-state index in [9.17, 15) is 9.59 Å². The number of nitrogens with zero attached hydrogens (tertiary/aromatic N) is 1. The maximum atomic E-state index is 13.1. The van der Waals surface area contributed by atoms with Gasteiger partial charge in [0.25, 0.3) is 11.8 Å². The predicted molar refractivity (Wildman–Crippen MR) is 122 cm³/mol. The number of para-hydroxylation sites is 2. The first-order chi connectivity index (χ1) is 14.5. The molecule has 0 aromatic heterocycles. The molecule has 1 aliphatic rings. The molecule has 0 unspecified atom stereocenters. The molecule has 0 saturated heterocycles. The number of thiocarbonyl (C=S) groups is 1. The molecule has 2 amide bonds. The number of methoxy groups -OCH3 is 1. The van der Waals surface area contributed by atoms with Gasteiger partial charge in [0.2, 0.25) is 0 Å². The van der Waals surface area contributed by atoms with Gasteiger partial charge in [-0.15, -0.1) is 0 Å². The summed E-state index contributed by atoms with van der Waals surface area (Å²) in [5, 5.41) is 5.77. The molecule has 158 valence electrons. The van der Waals surface area contributed by atoms with Gasteiger partial charge in [0.05, 0.1) is 23.9 Å². The minimum atomic E-state index is -0.381. The molecule has 1 aliphatic carbocycles. The molecule has 1 saturated carbocycles. The fourth-order valence-corrected chi connectivity index (χ4v) is 3.96. The standard InChI is InChI=1S/C23H27N3O3S/c1-26(16-10-4-3-5-11-16)22(28)17-12-6-8-14-19(17)24-23(30)25-21(27)18-13-7-9-15-20(18)29-2/h6-9,12-16H,3-5,10-11H2,1-2H3,(H2,24,25,27,30). The van der Waals surface area contributed by atoms with Crippen LogP contribution in [0.25, 0.3) is 0 Å². The number of nitrogens with one attached hydrogen (secondary N) is 2. The van der Waals surface area contributed by atoms with Crippen molar-refractivity contribution < 1.29 is 14.3 Å². The van der Waals surface area contributed by atoms with E-state index in [-0.39, 0.29) is 23.0 Å². The van der Waals surface area contributed by atoms with Crippen molar-refractivity contribution in [1.82, 2.24) is 10.2 Å². The molecule has 0 atom stereocenters. The van der Waals surface area contributed by atoms with Gasteiger partial charge in [0, 0.05) is 13.1 Å². The lowest BCUT2D eigenvalue weighted by atomic mass is 9.94. The summed E-state index contributed by atoms with van der Waals surface area (Å²) in [6.45, 7) is 0. The van der Waals surface area contributed by atoms with Crippen molar-refractivity contribution in [3.63, 3.8) is 0 Å². The monoisotopic (exact) mass is 425 g/mol. The number of hydrogen-bond donors (Lipinski definition) is 2. The zero-order valence-corrected chi connectivity index (χ0v) is 18.1. The topological polar surface area (TPSA) is 70.7 Å². The van der Waals surface area contributed by atoms with E-state index in [4.69, 9.17) is 17.0 Å². The van der Waals surface area contributed by atoms with E-state index >= 15 is 0 Å². The largest absolute Gasteiger partial charge is 0.496 e. The number of anilines is 1. The summed E-state index contributed by atoms with van der Waals surface area (Å²) < 4.78 is 5.23. The maximum Gasteiger partial charge on any atom is 0.261 e. The van der Waals surface area contributed by atoms with Crippen molar-refractivity contribution in [2.75, 3.05) is 19.5 Å². The second-order valence-electron chi connectivity index (χ2n) is 7.36. The Kier molecular flexibility index (Phi) is 7.41. The van der Waals surface area contributed by atoms with Crippen LogP contribution < -0.4 is 15.4 Å². The van der Waals surface area contributed by atoms with Crippen LogP contribution in [-0.2, 0) is 0 Å². The zero-order chi connectivity index (χ0) is 21.5. The summed E-state index contributed by atoms with van der Waals surface area (Å²) in [7, 11) is 3.37. The Balaban J connectivity index is 1.70. The first-order valence-corrected chi connectivity index (χ1v) is 10.5. The molecule has 7 heteroatoms. The Bertz CT molecular complexity index is 925. The molecule has 0 spiro atoms. The van der Waals surface area contributed by atoms with Crippen LogP contribution in [0.1, 0.15) is 52.8 Å². The van der Waals surface area contributed by atoms with Gasteiger partial charge in [-0.2, -0.15) is 0 Å². The van der Waals surface area contributed by atoms with Gasteiger partial charge in [-0.1, -0.05) is 43.5 Å². The third-order valence-electron chi connectivity index (χ3n) is 5.43. The van der Waals surface area contributed by atoms with E-state index in [1.165, 1.54) is 13.5 Å². The van der Waals surface area contributed by atoms with Gasteiger partial charge in [-0.25, -0.2) is 0 Å². The second kappa shape index (κ2) is 10.2. The summed E-state index contributed by atoms with van der Waals surface area (Å²) in [4.78, 5) is 27.5. The molecule has 1 fully saturated rings. The highest BCUT2D eigenvalue weighted by Gasteiger charge is 2.24. The summed E-state index contributed by atoms with van der Waals surface area (Å²) in [6.07, 6.45) is 5.61. The van der Waals surface area contributed by atoms with Gasteiger partial charge in [0.15, 0.2) is 5.11 Å². The Morgan fingerprint density at radius 1 is 1.00 bits per heavy atom. The first-order valence-electron chi connectivity index (χ1n) is 10.1. The lowest BCUT2D eigenvalue weighted by molar-refractivity contribution is 0.0697. The van der Waals surface area contributed by atoms with E-state index in [1.54, 1.807) is 36.4 Å². The van der Waals surface area contributed by atoms with Crippen molar-refractivity contribution in [3.8, 4) is 5.75 Å². The van der Waals surface area contributed by atoms with Gasteiger partial charge in [0.1, 0.15) is 5.75 Å². The van der Waals surface area contributed by atoms with Gasteiger partial charge >= 0.3 is 0 Å². The smallest absolute Gasteiger partial charge is 0.261 e. The molecule has 0 aliphatic heterocycles. The van der Waals surface area contributed by atoms with Crippen molar-refractivity contribution in [2.45, 2.75) is 38.1 Å². The van der Waals surface area contributed by atoms with Crippen LogP contribution in [0.2, 0.25) is 0 Å². The number of carbonyl (C=O) groups is 2. The average Bonchev–Trinajstić information content (AvgIpc) is 2.78. The van der Waals surface area contributed by atoms with E-state index in [1.807, 2.05) is 24.1 Å². The van der Waals surface area contributed by atoms with E-state index in [0.717, 1.165) is 25.7 Å². The zero-order valence-electron chi connectivity index (χ0n) is 17.3. The molecule has 2 N–H and O–H groups in total. The maximum absolute atomic E-state index is 13.1. The minimum absolute atomic E-state index is 0.0520. The number of hydrogen-bond acceptors (Lipinski definition) is 4. The molecule has 0 heterocycles. The third-order valence-corrected chi connectivity index (χ3v) is 5.63. The fourth-order valence-electron chi connectivity index (χ4n) is 3.76. The predicted octanol–water partition coefficient (Wildman–Crippen LogP) is 4.23. The molecular formula is C23H27N3O3S. The molecular weight excluding hydrogens is 398 g/mol. The molecule has 0 bridgehead atoms. The Labute approximate surface area is 182 Å². The summed E-state index contributed by atoms with van der Waals surface area (Å²) in [5.74, 6) is 0.0272. The van der Waals surface area contributed by atoms with Crippen molar-refractivity contribution in [3.05, 3.63) is 59.7 Å². The summed E-state index contributed by atoms with van der Waals surface area (Å²) in [6, 6.07) is 14.4. The van der Waals surface area contributed by atoms with Crippen LogP contribution in [0.5, 0.6) is 5.75 Å². The number of ether oxygens (including phenoxy) is 1. The number of carbonyl (C=O) groups excluding carboxylic acids is 2. The number of amides is 2. The summed E-state index contributed by atoms with van der Waals surface area (Å²) >= 11 is 5.32. The van der Waals surface area contributed by atoms with E-state index < -0.39 is 0 Å². The van der Waals surface area contributed by atoms with Crippen LogP contribution in [0, 0.1) is 0 Å². The van der Waals surface area contributed by atoms with E-state index in [0.29, 0.717) is 22.6 Å². The fraction of sp³-hybridized carbons (Fsp3) is 0.348. The highest BCUT2D eigenvalue weighted by molar-refractivity contribution is 7.80. The lowest BCUT2D eigenvalue weighted by Crippen LogP contribution is -2.39. The molecule has 2 aromatic carbocycles. The van der Waals surface area contributed by atoms with E-state index in [2.05, 4.69) is 10.6 Å². The van der Waals surface area contributed by atoms with Crippen molar-refractivity contribution in [1.29, 1.82) is 0 Å². The molecule has 30 heavy (non-hydrogen) atoms. The third kappa shape index (κ3) is 5.16. The van der Waals surface area contributed by atoms with Crippen molar-refractivity contribution >= 4 is 34.8 Å².